The van der Waals surface area contributed by atoms with Gasteiger partial charge in [0.15, 0.2) is 0 Å². The van der Waals surface area contributed by atoms with E-state index in [4.69, 9.17) is 0 Å². The van der Waals surface area contributed by atoms with Crippen LogP contribution in [0, 0.1) is 11.8 Å². The second-order valence-electron chi connectivity index (χ2n) is 6.54. The summed E-state index contributed by atoms with van der Waals surface area (Å²) in [7, 11) is 0. The number of carboxylic acid groups (broad SMARTS) is 1. The van der Waals surface area contributed by atoms with Crippen LogP contribution in [0.15, 0.2) is 24.3 Å². The molecule has 0 bridgehead atoms. The van der Waals surface area contributed by atoms with Gasteiger partial charge in [-0.05, 0) is 55.7 Å². The molecule has 114 valence electrons. The molecule has 3 nitrogen and oxygen atoms in total. The zero-order chi connectivity index (χ0) is 14.7. The summed E-state index contributed by atoms with van der Waals surface area (Å²) in [5.41, 5.74) is 2.88. The molecule has 0 aromatic heterocycles. The molecule has 3 atom stereocenters. The fourth-order valence-electron chi connectivity index (χ4n) is 4.04. The van der Waals surface area contributed by atoms with E-state index < -0.39 is 5.97 Å². The number of carboxylic acids is 1. The Balaban J connectivity index is 1.64. The van der Waals surface area contributed by atoms with Crippen LogP contribution in [0.4, 0.5) is 0 Å². The minimum absolute atomic E-state index is 0.148. The number of carbonyl (C=O) groups is 1. The van der Waals surface area contributed by atoms with Gasteiger partial charge < -0.3 is 10.4 Å². The van der Waals surface area contributed by atoms with E-state index in [9.17, 15) is 9.90 Å². The molecule has 0 amide bonds. The molecule has 1 saturated carbocycles. The van der Waals surface area contributed by atoms with E-state index in [1.54, 1.807) is 0 Å². The Hall–Kier alpha value is -1.35. The number of aliphatic carboxylic acids is 1. The molecule has 1 fully saturated rings. The zero-order valence-corrected chi connectivity index (χ0v) is 12.6. The Morgan fingerprint density at radius 2 is 1.95 bits per heavy atom. The van der Waals surface area contributed by atoms with E-state index >= 15 is 0 Å². The van der Waals surface area contributed by atoms with Gasteiger partial charge in [0, 0.05) is 6.04 Å². The van der Waals surface area contributed by atoms with Gasteiger partial charge in [0.25, 0.3) is 0 Å². The van der Waals surface area contributed by atoms with Crippen molar-refractivity contribution >= 4 is 5.97 Å². The summed E-state index contributed by atoms with van der Waals surface area (Å²) in [6.07, 6.45) is 7.72. The molecule has 3 unspecified atom stereocenters. The second-order valence-corrected chi connectivity index (χ2v) is 6.54. The lowest BCUT2D eigenvalue weighted by atomic mass is 9.78. The van der Waals surface area contributed by atoms with Gasteiger partial charge in [-0.1, -0.05) is 37.1 Å². The predicted octanol–water partition coefficient (Wildman–Crippen LogP) is 3.54. The molecule has 0 heterocycles. The molecule has 2 aliphatic rings. The highest BCUT2D eigenvalue weighted by atomic mass is 16.4. The van der Waals surface area contributed by atoms with Crippen molar-refractivity contribution in [2.24, 2.45) is 11.8 Å². The molecule has 1 aromatic carbocycles. The van der Waals surface area contributed by atoms with E-state index in [1.807, 2.05) is 0 Å². The molecular weight excluding hydrogens is 262 g/mol. The Bertz CT molecular complexity index is 500. The van der Waals surface area contributed by atoms with Crippen LogP contribution in [0.2, 0.25) is 0 Å². The van der Waals surface area contributed by atoms with Crippen molar-refractivity contribution in [3.05, 3.63) is 35.4 Å². The lowest BCUT2D eigenvalue weighted by Gasteiger charge is -2.32. The minimum Gasteiger partial charge on any atom is -0.481 e. The summed E-state index contributed by atoms with van der Waals surface area (Å²) in [6, 6.07) is 9.08. The number of hydrogen-bond donors (Lipinski definition) is 2. The quantitative estimate of drug-likeness (QED) is 0.890. The molecule has 0 spiro atoms. The smallest absolute Gasteiger partial charge is 0.306 e. The minimum atomic E-state index is -0.606. The maximum atomic E-state index is 11.4. The van der Waals surface area contributed by atoms with Gasteiger partial charge in [0.2, 0.25) is 0 Å². The van der Waals surface area contributed by atoms with Crippen LogP contribution >= 0.6 is 0 Å². The van der Waals surface area contributed by atoms with Crippen molar-refractivity contribution in [1.82, 2.24) is 5.32 Å². The van der Waals surface area contributed by atoms with Gasteiger partial charge in [-0.15, -0.1) is 0 Å². The number of benzene rings is 1. The van der Waals surface area contributed by atoms with E-state index in [1.165, 1.54) is 36.8 Å². The van der Waals surface area contributed by atoms with Crippen molar-refractivity contribution in [1.29, 1.82) is 0 Å². The first-order valence-corrected chi connectivity index (χ1v) is 8.29. The molecule has 3 heteroatoms. The van der Waals surface area contributed by atoms with Crippen LogP contribution in [0.1, 0.15) is 55.7 Å². The van der Waals surface area contributed by atoms with Gasteiger partial charge in [0.1, 0.15) is 0 Å². The van der Waals surface area contributed by atoms with Crippen molar-refractivity contribution in [2.45, 2.75) is 51.0 Å². The lowest BCUT2D eigenvalue weighted by molar-refractivity contribution is -0.144. The number of fused-ring (bicyclic) bond motifs is 1. The summed E-state index contributed by atoms with van der Waals surface area (Å²) in [5.74, 6) is -0.457. The highest BCUT2D eigenvalue weighted by Crippen LogP contribution is 2.33. The monoisotopic (exact) mass is 287 g/mol. The number of nitrogens with one attached hydrogen (secondary N) is 1. The summed E-state index contributed by atoms with van der Waals surface area (Å²) >= 11 is 0. The first kappa shape index (κ1) is 14.6. The molecule has 2 aliphatic carbocycles. The molecule has 2 N–H and O–H groups in total. The van der Waals surface area contributed by atoms with Crippen molar-refractivity contribution in [2.75, 3.05) is 6.54 Å². The van der Waals surface area contributed by atoms with Crippen molar-refractivity contribution in [3.8, 4) is 0 Å². The van der Waals surface area contributed by atoms with Crippen molar-refractivity contribution < 1.29 is 9.90 Å². The van der Waals surface area contributed by atoms with E-state index in [2.05, 4.69) is 29.6 Å². The average molecular weight is 287 g/mol. The van der Waals surface area contributed by atoms with E-state index in [-0.39, 0.29) is 5.92 Å². The fourth-order valence-corrected chi connectivity index (χ4v) is 4.04. The number of hydrogen-bond acceptors (Lipinski definition) is 2. The molecule has 1 aromatic rings. The normalized spacial score (nSPS) is 28.9. The summed E-state index contributed by atoms with van der Waals surface area (Å²) < 4.78 is 0. The lowest BCUT2D eigenvalue weighted by Crippen LogP contribution is -2.37. The Morgan fingerprint density at radius 3 is 2.81 bits per heavy atom. The predicted molar refractivity (Wildman–Crippen MR) is 83.2 cm³/mol. The third-order valence-corrected chi connectivity index (χ3v) is 5.22. The van der Waals surface area contributed by atoms with Gasteiger partial charge >= 0.3 is 5.97 Å². The standard InChI is InChI=1S/C18H25NO2/c20-18(21)16-10-4-2-7-14(16)12-19-17-11-5-8-13-6-1-3-9-15(13)17/h1,3,6,9,14,16-17,19H,2,4-5,7-8,10-12H2,(H,20,21). The first-order chi connectivity index (χ1) is 10.3. The van der Waals surface area contributed by atoms with Crippen LogP contribution in [0.3, 0.4) is 0 Å². The second kappa shape index (κ2) is 6.61. The van der Waals surface area contributed by atoms with Crippen LogP contribution in [0.5, 0.6) is 0 Å². The Morgan fingerprint density at radius 1 is 1.14 bits per heavy atom. The summed E-state index contributed by atoms with van der Waals surface area (Å²) in [4.78, 5) is 11.4. The van der Waals surface area contributed by atoms with E-state index in [0.29, 0.717) is 12.0 Å². The number of aryl methyl sites for hydroxylation is 1. The molecule has 21 heavy (non-hydrogen) atoms. The third kappa shape index (κ3) is 3.29. The van der Waals surface area contributed by atoms with Gasteiger partial charge in [-0.3, -0.25) is 4.79 Å². The molecule has 3 rings (SSSR count). The summed E-state index contributed by atoms with van der Waals surface area (Å²) in [5, 5.41) is 13.0. The first-order valence-electron chi connectivity index (χ1n) is 8.29. The topological polar surface area (TPSA) is 49.3 Å². The Kier molecular flexibility index (Phi) is 4.59. The van der Waals surface area contributed by atoms with Crippen LogP contribution < -0.4 is 5.32 Å². The third-order valence-electron chi connectivity index (χ3n) is 5.22. The van der Waals surface area contributed by atoms with Crippen LogP contribution in [0.25, 0.3) is 0 Å². The Labute approximate surface area is 126 Å². The van der Waals surface area contributed by atoms with E-state index in [0.717, 1.165) is 25.8 Å². The summed E-state index contributed by atoms with van der Waals surface area (Å²) in [6.45, 7) is 0.843. The van der Waals surface area contributed by atoms with Gasteiger partial charge in [0.05, 0.1) is 5.92 Å². The average Bonchev–Trinajstić information content (AvgIpc) is 2.53. The van der Waals surface area contributed by atoms with Gasteiger partial charge in [-0.2, -0.15) is 0 Å². The van der Waals surface area contributed by atoms with Crippen LogP contribution in [-0.4, -0.2) is 17.6 Å². The highest BCUT2D eigenvalue weighted by Gasteiger charge is 2.31. The largest absolute Gasteiger partial charge is 0.481 e. The molecule has 0 aliphatic heterocycles. The fraction of sp³-hybridized carbons (Fsp3) is 0.611. The zero-order valence-electron chi connectivity index (χ0n) is 12.6. The molecule has 0 radical (unpaired) electrons. The van der Waals surface area contributed by atoms with Gasteiger partial charge in [-0.25, -0.2) is 0 Å². The SMILES string of the molecule is O=C(O)C1CCCCC1CNC1CCCc2ccccc21. The maximum absolute atomic E-state index is 11.4. The molecule has 0 saturated heterocycles. The van der Waals surface area contributed by atoms with Crippen molar-refractivity contribution in [3.63, 3.8) is 0 Å². The highest BCUT2D eigenvalue weighted by molar-refractivity contribution is 5.70. The maximum Gasteiger partial charge on any atom is 0.306 e. The molecular formula is C18H25NO2. The van der Waals surface area contributed by atoms with Crippen LogP contribution in [-0.2, 0) is 11.2 Å². The number of rotatable bonds is 4.